The third-order valence-electron chi connectivity index (χ3n) is 2.30. The van der Waals surface area contributed by atoms with Crippen molar-refractivity contribution in [3.8, 4) is 0 Å². The quantitative estimate of drug-likeness (QED) is 0.627. The molecule has 0 atom stereocenters. The molecule has 4 nitrogen and oxygen atoms in total. The fourth-order valence-corrected chi connectivity index (χ4v) is 1.57. The Kier molecular flexibility index (Phi) is 2.41. The van der Waals surface area contributed by atoms with Gasteiger partial charge in [0.2, 0.25) is 0 Å². The standard InChI is InChI=1S/C10H15NO3/c1-6-5-10(2,3)9(13)7(8(6)12)11(4)14/h5,12,14H,1-4H3. The molecule has 1 rings (SSSR count). The number of hydrogen-bond donors (Lipinski definition) is 2. The van der Waals surface area contributed by atoms with E-state index in [2.05, 4.69) is 0 Å². The van der Waals surface area contributed by atoms with E-state index in [0.29, 0.717) is 10.6 Å². The van der Waals surface area contributed by atoms with Crippen LogP contribution in [0.15, 0.2) is 23.1 Å². The van der Waals surface area contributed by atoms with Crippen LogP contribution < -0.4 is 0 Å². The molecule has 0 saturated carbocycles. The van der Waals surface area contributed by atoms with Gasteiger partial charge in [-0.25, -0.2) is 0 Å². The van der Waals surface area contributed by atoms with Crippen LogP contribution in [0.4, 0.5) is 0 Å². The highest BCUT2D eigenvalue weighted by Gasteiger charge is 2.36. The maximum atomic E-state index is 11.8. The van der Waals surface area contributed by atoms with Gasteiger partial charge in [0.25, 0.3) is 0 Å². The van der Waals surface area contributed by atoms with Gasteiger partial charge in [0.05, 0.1) is 0 Å². The molecular weight excluding hydrogens is 182 g/mol. The van der Waals surface area contributed by atoms with Crippen LogP contribution in [0.1, 0.15) is 20.8 Å². The molecule has 14 heavy (non-hydrogen) atoms. The van der Waals surface area contributed by atoms with Gasteiger partial charge >= 0.3 is 0 Å². The summed E-state index contributed by atoms with van der Waals surface area (Å²) in [5.74, 6) is -0.440. The highest BCUT2D eigenvalue weighted by atomic mass is 16.5. The van der Waals surface area contributed by atoms with Gasteiger partial charge in [-0.3, -0.25) is 15.1 Å². The zero-order chi connectivity index (χ0) is 11.1. The molecule has 0 radical (unpaired) electrons. The summed E-state index contributed by atoms with van der Waals surface area (Å²) in [4.78, 5) is 11.8. The van der Waals surface area contributed by atoms with E-state index in [-0.39, 0.29) is 17.2 Å². The Balaban J connectivity index is 3.31. The van der Waals surface area contributed by atoms with E-state index in [1.165, 1.54) is 7.05 Å². The lowest BCUT2D eigenvalue weighted by Gasteiger charge is -2.29. The Morgan fingerprint density at radius 2 is 1.93 bits per heavy atom. The predicted molar refractivity (Wildman–Crippen MR) is 51.7 cm³/mol. The van der Waals surface area contributed by atoms with Crippen LogP contribution >= 0.6 is 0 Å². The Labute approximate surface area is 83.1 Å². The third-order valence-corrected chi connectivity index (χ3v) is 2.30. The summed E-state index contributed by atoms with van der Waals surface area (Å²) in [5.41, 5.74) is -0.122. The Morgan fingerprint density at radius 3 is 2.36 bits per heavy atom. The first kappa shape index (κ1) is 10.8. The van der Waals surface area contributed by atoms with Gasteiger partial charge in [-0.1, -0.05) is 6.08 Å². The SMILES string of the molecule is CC1=CC(C)(C)C(=O)C(N(C)O)=C1O. The molecule has 0 aliphatic heterocycles. The molecule has 0 saturated heterocycles. The number of nitrogens with zero attached hydrogens (tertiary/aromatic N) is 1. The van der Waals surface area contributed by atoms with Crippen molar-refractivity contribution in [2.75, 3.05) is 7.05 Å². The fourth-order valence-electron chi connectivity index (χ4n) is 1.57. The minimum Gasteiger partial charge on any atom is -0.505 e. The van der Waals surface area contributed by atoms with Gasteiger partial charge in [-0.05, 0) is 26.3 Å². The van der Waals surface area contributed by atoms with E-state index in [0.717, 1.165) is 0 Å². The van der Waals surface area contributed by atoms with Crippen molar-refractivity contribution in [1.29, 1.82) is 0 Å². The Morgan fingerprint density at radius 1 is 1.43 bits per heavy atom. The molecule has 0 unspecified atom stereocenters. The van der Waals surface area contributed by atoms with Crippen LogP contribution in [0.2, 0.25) is 0 Å². The lowest BCUT2D eigenvalue weighted by atomic mass is 9.80. The second kappa shape index (κ2) is 3.13. The molecule has 2 N–H and O–H groups in total. The summed E-state index contributed by atoms with van der Waals surface area (Å²) < 4.78 is 0. The zero-order valence-corrected chi connectivity index (χ0v) is 8.83. The number of likely N-dealkylation sites (N-methyl/N-ethyl adjacent to an activating group) is 1. The molecule has 1 aliphatic rings. The number of aliphatic hydroxyl groups is 1. The molecule has 1 aliphatic carbocycles. The number of hydrogen-bond acceptors (Lipinski definition) is 4. The molecule has 0 heterocycles. The van der Waals surface area contributed by atoms with Crippen molar-refractivity contribution < 1.29 is 15.1 Å². The number of Topliss-reactive ketones (excluding diaryl/α,β-unsaturated/α-hetero) is 1. The second-order valence-corrected chi connectivity index (χ2v) is 4.10. The van der Waals surface area contributed by atoms with Crippen molar-refractivity contribution >= 4 is 5.78 Å². The largest absolute Gasteiger partial charge is 0.505 e. The van der Waals surface area contributed by atoms with Crippen molar-refractivity contribution in [3.05, 3.63) is 23.1 Å². The maximum absolute atomic E-state index is 11.8. The summed E-state index contributed by atoms with van der Waals surface area (Å²) >= 11 is 0. The van der Waals surface area contributed by atoms with Crippen LogP contribution in [0.3, 0.4) is 0 Å². The number of hydroxylamine groups is 2. The molecule has 0 aromatic heterocycles. The molecule has 0 aromatic rings. The summed E-state index contributed by atoms with van der Waals surface area (Å²) in [6.07, 6.45) is 1.69. The lowest BCUT2D eigenvalue weighted by molar-refractivity contribution is -0.129. The summed E-state index contributed by atoms with van der Waals surface area (Å²) in [5, 5.41) is 19.5. The molecule has 0 bridgehead atoms. The molecule has 0 amide bonds. The highest BCUT2D eigenvalue weighted by molar-refractivity contribution is 6.02. The van der Waals surface area contributed by atoms with Gasteiger partial charge in [0.15, 0.2) is 5.78 Å². The minimum absolute atomic E-state index is 0.0463. The van der Waals surface area contributed by atoms with E-state index < -0.39 is 5.41 Å². The molecule has 0 spiro atoms. The van der Waals surface area contributed by atoms with Gasteiger partial charge in [0.1, 0.15) is 11.5 Å². The molecule has 0 fully saturated rings. The van der Waals surface area contributed by atoms with Gasteiger partial charge in [0, 0.05) is 12.5 Å². The van der Waals surface area contributed by atoms with Crippen LogP contribution in [-0.4, -0.2) is 28.2 Å². The van der Waals surface area contributed by atoms with E-state index in [1.807, 2.05) is 0 Å². The van der Waals surface area contributed by atoms with Crippen LogP contribution in [0, 0.1) is 5.41 Å². The predicted octanol–water partition coefficient (Wildman–Crippen LogP) is 1.63. The average Bonchev–Trinajstić information content (AvgIpc) is 2.00. The number of carbonyl (C=O) groups excluding carboxylic acids is 1. The van der Waals surface area contributed by atoms with E-state index in [4.69, 9.17) is 0 Å². The lowest BCUT2D eigenvalue weighted by Crippen LogP contribution is -2.35. The van der Waals surface area contributed by atoms with Gasteiger partial charge in [-0.15, -0.1) is 0 Å². The van der Waals surface area contributed by atoms with Crippen molar-refractivity contribution in [2.24, 2.45) is 5.41 Å². The third kappa shape index (κ3) is 1.53. The number of ketones is 1. The number of rotatable bonds is 1. The van der Waals surface area contributed by atoms with Crippen LogP contribution in [0.5, 0.6) is 0 Å². The first-order valence-electron chi connectivity index (χ1n) is 4.38. The van der Waals surface area contributed by atoms with Crippen LogP contribution in [0.25, 0.3) is 0 Å². The van der Waals surface area contributed by atoms with Gasteiger partial charge < -0.3 is 5.11 Å². The van der Waals surface area contributed by atoms with Crippen molar-refractivity contribution in [3.63, 3.8) is 0 Å². The van der Waals surface area contributed by atoms with Crippen LogP contribution in [-0.2, 0) is 4.79 Å². The normalized spacial score (nSPS) is 20.9. The smallest absolute Gasteiger partial charge is 0.194 e. The first-order chi connectivity index (χ1) is 6.27. The molecular formula is C10H15NO3. The monoisotopic (exact) mass is 197 g/mol. The summed E-state index contributed by atoms with van der Waals surface area (Å²) in [6.45, 7) is 5.19. The van der Waals surface area contributed by atoms with E-state index >= 15 is 0 Å². The van der Waals surface area contributed by atoms with Crippen molar-refractivity contribution in [2.45, 2.75) is 20.8 Å². The van der Waals surface area contributed by atoms with Gasteiger partial charge in [-0.2, -0.15) is 0 Å². The number of allylic oxidation sites excluding steroid dienone is 3. The second-order valence-electron chi connectivity index (χ2n) is 4.10. The molecule has 0 aromatic carbocycles. The Hall–Kier alpha value is -1.29. The molecule has 4 heteroatoms. The number of aliphatic hydroxyl groups excluding tert-OH is 1. The highest BCUT2D eigenvalue weighted by Crippen LogP contribution is 2.33. The zero-order valence-electron chi connectivity index (χ0n) is 8.83. The van der Waals surface area contributed by atoms with E-state index in [9.17, 15) is 15.1 Å². The maximum Gasteiger partial charge on any atom is 0.194 e. The topological polar surface area (TPSA) is 60.8 Å². The minimum atomic E-state index is -0.678. The number of carbonyl (C=O) groups is 1. The Bertz CT molecular complexity index is 337. The summed E-state index contributed by atoms with van der Waals surface area (Å²) in [6, 6.07) is 0. The summed E-state index contributed by atoms with van der Waals surface area (Å²) in [7, 11) is 1.32. The molecule has 78 valence electrons. The van der Waals surface area contributed by atoms with E-state index in [1.54, 1.807) is 26.8 Å². The average molecular weight is 197 g/mol. The van der Waals surface area contributed by atoms with Crippen molar-refractivity contribution in [1.82, 2.24) is 5.06 Å². The fraction of sp³-hybridized carbons (Fsp3) is 0.500. The first-order valence-corrected chi connectivity index (χ1v) is 4.38.